The van der Waals surface area contributed by atoms with Gasteiger partial charge in [0.25, 0.3) is 0 Å². The molecule has 0 aliphatic carbocycles. The third-order valence-corrected chi connectivity index (χ3v) is 2.90. The van der Waals surface area contributed by atoms with Crippen molar-refractivity contribution in [2.45, 2.75) is 6.10 Å². The summed E-state index contributed by atoms with van der Waals surface area (Å²) in [6, 6.07) is 10.6. The number of aliphatic hydroxyl groups is 1. The number of hydrogen-bond acceptors (Lipinski definition) is 5. The second-order valence-electron chi connectivity index (χ2n) is 4.56. The van der Waals surface area contributed by atoms with Gasteiger partial charge in [-0.1, -0.05) is 30.3 Å². The molecule has 0 aliphatic heterocycles. The molecule has 2 aromatic rings. The van der Waals surface area contributed by atoms with Crippen molar-refractivity contribution in [1.82, 2.24) is 20.6 Å². The lowest BCUT2D eigenvalue weighted by molar-refractivity contribution is 0.173. The first-order chi connectivity index (χ1) is 10.8. The fraction of sp³-hybridized carbons (Fsp3) is 0.267. The number of hydrogen-bond donors (Lipinski definition) is 4. The van der Waals surface area contributed by atoms with E-state index in [2.05, 4.69) is 25.9 Å². The van der Waals surface area contributed by atoms with E-state index in [1.54, 1.807) is 18.5 Å². The van der Waals surface area contributed by atoms with Crippen LogP contribution in [0.15, 0.2) is 48.8 Å². The number of urea groups is 1. The Bertz CT molecular complexity index is 565. The first-order valence-electron chi connectivity index (χ1n) is 7.01. The summed E-state index contributed by atoms with van der Waals surface area (Å²) in [5, 5.41) is 18.2. The van der Waals surface area contributed by atoms with Gasteiger partial charge in [0, 0.05) is 32.0 Å². The van der Waals surface area contributed by atoms with Crippen LogP contribution in [0.25, 0.3) is 0 Å². The van der Waals surface area contributed by atoms with Crippen molar-refractivity contribution in [1.29, 1.82) is 0 Å². The van der Waals surface area contributed by atoms with E-state index in [0.717, 1.165) is 5.56 Å². The summed E-state index contributed by atoms with van der Waals surface area (Å²) in [6.07, 6.45) is 2.56. The number of carbonyl (C=O) groups excluding carboxylic acids is 1. The number of benzene rings is 1. The van der Waals surface area contributed by atoms with Crippen molar-refractivity contribution in [3.05, 3.63) is 54.4 Å². The average Bonchev–Trinajstić information content (AvgIpc) is 2.58. The Balaban J connectivity index is 1.60. The molecule has 2 amide bonds. The van der Waals surface area contributed by atoms with E-state index in [9.17, 15) is 9.90 Å². The van der Waals surface area contributed by atoms with Crippen LogP contribution in [0.1, 0.15) is 11.7 Å². The molecular formula is C15H19N5O2. The summed E-state index contributed by atoms with van der Waals surface area (Å²) >= 11 is 0. The number of carbonyl (C=O) groups is 1. The molecule has 7 nitrogen and oxygen atoms in total. The molecule has 0 radical (unpaired) electrons. The van der Waals surface area contributed by atoms with E-state index >= 15 is 0 Å². The van der Waals surface area contributed by atoms with Crippen LogP contribution >= 0.6 is 0 Å². The highest BCUT2D eigenvalue weighted by Gasteiger charge is 2.08. The molecule has 1 atom stereocenters. The highest BCUT2D eigenvalue weighted by atomic mass is 16.3. The van der Waals surface area contributed by atoms with Gasteiger partial charge in [-0.2, -0.15) is 0 Å². The van der Waals surface area contributed by atoms with E-state index in [1.165, 1.54) is 0 Å². The van der Waals surface area contributed by atoms with Gasteiger partial charge in [-0.15, -0.1) is 0 Å². The van der Waals surface area contributed by atoms with E-state index in [0.29, 0.717) is 19.0 Å². The molecule has 7 heteroatoms. The van der Waals surface area contributed by atoms with Gasteiger partial charge in [0.2, 0.25) is 5.95 Å². The van der Waals surface area contributed by atoms with Crippen molar-refractivity contribution in [3.63, 3.8) is 0 Å². The smallest absolute Gasteiger partial charge is 0.314 e. The van der Waals surface area contributed by atoms with Crippen LogP contribution in [0.2, 0.25) is 0 Å². The highest BCUT2D eigenvalue weighted by molar-refractivity contribution is 5.73. The van der Waals surface area contributed by atoms with E-state index in [4.69, 9.17) is 0 Å². The van der Waals surface area contributed by atoms with Gasteiger partial charge in [-0.05, 0) is 11.6 Å². The molecule has 0 aliphatic rings. The van der Waals surface area contributed by atoms with E-state index < -0.39 is 6.10 Å². The van der Waals surface area contributed by atoms with E-state index in [1.807, 2.05) is 30.3 Å². The molecule has 0 spiro atoms. The van der Waals surface area contributed by atoms with Gasteiger partial charge in [-0.25, -0.2) is 14.8 Å². The molecule has 0 bridgehead atoms. The van der Waals surface area contributed by atoms with Gasteiger partial charge < -0.3 is 21.1 Å². The Hall–Kier alpha value is -2.67. The Morgan fingerprint density at radius 3 is 2.50 bits per heavy atom. The van der Waals surface area contributed by atoms with Gasteiger partial charge in [0.15, 0.2) is 0 Å². The van der Waals surface area contributed by atoms with Crippen LogP contribution in [-0.4, -0.2) is 40.7 Å². The average molecular weight is 301 g/mol. The fourth-order valence-corrected chi connectivity index (χ4v) is 1.79. The minimum atomic E-state index is -0.720. The Morgan fingerprint density at radius 2 is 1.77 bits per heavy atom. The second kappa shape index (κ2) is 8.58. The van der Waals surface area contributed by atoms with Crippen LogP contribution in [-0.2, 0) is 0 Å². The number of rotatable bonds is 7. The SMILES string of the molecule is O=C(NCCNc1ncccn1)NC[C@@H](O)c1ccccc1. The van der Waals surface area contributed by atoms with Gasteiger partial charge in [0.1, 0.15) is 0 Å². The predicted octanol–water partition coefficient (Wildman–Crippen LogP) is 0.921. The molecule has 0 saturated carbocycles. The molecule has 22 heavy (non-hydrogen) atoms. The summed E-state index contributed by atoms with van der Waals surface area (Å²) in [6.45, 7) is 1.09. The predicted molar refractivity (Wildman–Crippen MR) is 83.3 cm³/mol. The molecule has 0 unspecified atom stereocenters. The van der Waals surface area contributed by atoms with Crippen LogP contribution in [0.5, 0.6) is 0 Å². The first kappa shape index (κ1) is 15.7. The summed E-state index contributed by atoms with van der Waals surface area (Å²) in [7, 11) is 0. The van der Waals surface area contributed by atoms with Crippen molar-refractivity contribution in [2.24, 2.45) is 0 Å². The lowest BCUT2D eigenvalue weighted by Crippen LogP contribution is -2.39. The Morgan fingerprint density at radius 1 is 1.05 bits per heavy atom. The standard InChI is InChI=1S/C15H19N5O2/c21-13(12-5-2-1-3-6-12)11-20-15(22)19-10-9-18-14-16-7-4-8-17-14/h1-8,13,21H,9-11H2,(H,16,17,18)(H2,19,20,22)/t13-/m1/s1. The second-order valence-corrected chi connectivity index (χ2v) is 4.56. The maximum Gasteiger partial charge on any atom is 0.314 e. The molecule has 116 valence electrons. The number of amides is 2. The summed E-state index contributed by atoms with van der Waals surface area (Å²) in [4.78, 5) is 19.6. The monoisotopic (exact) mass is 301 g/mol. The topological polar surface area (TPSA) is 99.2 Å². The lowest BCUT2D eigenvalue weighted by Gasteiger charge is -2.13. The zero-order chi connectivity index (χ0) is 15.6. The maximum atomic E-state index is 11.6. The largest absolute Gasteiger partial charge is 0.387 e. The van der Waals surface area contributed by atoms with Crippen molar-refractivity contribution < 1.29 is 9.90 Å². The van der Waals surface area contributed by atoms with Gasteiger partial charge in [-0.3, -0.25) is 0 Å². The fourth-order valence-electron chi connectivity index (χ4n) is 1.79. The van der Waals surface area contributed by atoms with Crippen molar-refractivity contribution in [2.75, 3.05) is 25.0 Å². The van der Waals surface area contributed by atoms with Gasteiger partial charge >= 0.3 is 6.03 Å². The molecule has 1 aromatic heterocycles. The van der Waals surface area contributed by atoms with Crippen LogP contribution < -0.4 is 16.0 Å². The number of nitrogens with one attached hydrogen (secondary N) is 3. The number of aromatic nitrogens is 2. The summed E-state index contributed by atoms with van der Waals surface area (Å²) in [5.74, 6) is 0.518. The normalized spacial score (nSPS) is 11.5. The molecular weight excluding hydrogens is 282 g/mol. The minimum Gasteiger partial charge on any atom is -0.387 e. The van der Waals surface area contributed by atoms with Crippen LogP contribution in [0, 0.1) is 0 Å². The molecule has 4 N–H and O–H groups in total. The van der Waals surface area contributed by atoms with Crippen LogP contribution in [0.4, 0.5) is 10.7 Å². The first-order valence-corrected chi connectivity index (χ1v) is 7.01. The number of nitrogens with zero attached hydrogens (tertiary/aromatic N) is 2. The molecule has 0 saturated heterocycles. The number of aliphatic hydroxyl groups excluding tert-OH is 1. The Labute approximate surface area is 128 Å². The highest BCUT2D eigenvalue weighted by Crippen LogP contribution is 2.10. The van der Waals surface area contributed by atoms with Crippen LogP contribution in [0.3, 0.4) is 0 Å². The Kier molecular flexibility index (Phi) is 6.13. The van der Waals surface area contributed by atoms with E-state index in [-0.39, 0.29) is 12.6 Å². The molecule has 0 fully saturated rings. The lowest BCUT2D eigenvalue weighted by atomic mass is 10.1. The van der Waals surface area contributed by atoms with Crippen molar-refractivity contribution in [3.8, 4) is 0 Å². The molecule has 2 rings (SSSR count). The summed E-state index contributed by atoms with van der Waals surface area (Å²) in [5.41, 5.74) is 0.769. The van der Waals surface area contributed by atoms with Crippen molar-refractivity contribution >= 4 is 12.0 Å². The minimum absolute atomic E-state index is 0.158. The zero-order valence-electron chi connectivity index (χ0n) is 12.1. The summed E-state index contributed by atoms with van der Waals surface area (Å²) < 4.78 is 0. The van der Waals surface area contributed by atoms with Gasteiger partial charge in [0.05, 0.1) is 6.10 Å². The third kappa shape index (κ3) is 5.37. The quantitative estimate of drug-likeness (QED) is 0.570. The zero-order valence-corrected chi connectivity index (χ0v) is 12.1. The number of anilines is 1. The third-order valence-electron chi connectivity index (χ3n) is 2.90. The molecule has 1 aromatic carbocycles. The maximum absolute atomic E-state index is 11.6. The molecule has 1 heterocycles.